The van der Waals surface area contributed by atoms with Crippen LogP contribution in [-0.2, 0) is 10.0 Å². The van der Waals surface area contributed by atoms with E-state index in [9.17, 15) is 12.8 Å². The monoisotopic (exact) mass is 272 g/mol. The van der Waals surface area contributed by atoms with E-state index >= 15 is 0 Å². The van der Waals surface area contributed by atoms with Gasteiger partial charge in [0.1, 0.15) is 5.82 Å². The number of sulfonamides is 1. The molecule has 1 heterocycles. The van der Waals surface area contributed by atoms with Crippen LogP contribution in [0.3, 0.4) is 0 Å². The van der Waals surface area contributed by atoms with Crippen molar-refractivity contribution in [1.82, 2.24) is 4.31 Å². The molecule has 98 valence electrons. The molecule has 1 aromatic rings. The van der Waals surface area contributed by atoms with Crippen LogP contribution < -0.4 is 11.5 Å². The lowest BCUT2D eigenvalue weighted by Gasteiger charge is -2.27. The normalized spacial score (nSPS) is 22.7. The van der Waals surface area contributed by atoms with E-state index < -0.39 is 21.9 Å². The molecule has 4 N–H and O–H groups in total. The second-order valence-electron chi connectivity index (χ2n) is 4.03. The summed E-state index contributed by atoms with van der Waals surface area (Å²) in [5.74, 6) is -1.04. The van der Waals surface area contributed by atoms with Gasteiger partial charge in [-0.1, -0.05) is 0 Å². The molecule has 1 aliphatic heterocycles. The first-order valence-corrected chi connectivity index (χ1v) is 6.77. The zero-order valence-corrected chi connectivity index (χ0v) is 10.5. The molecule has 1 unspecified atom stereocenters. The van der Waals surface area contributed by atoms with Crippen molar-refractivity contribution in [3.63, 3.8) is 0 Å². The Morgan fingerprint density at radius 2 is 2.11 bits per heavy atom. The molecule has 18 heavy (non-hydrogen) atoms. The summed E-state index contributed by atoms with van der Waals surface area (Å²) < 4.78 is 38.1. The van der Waals surface area contributed by atoms with Gasteiger partial charge in [0, 0.05) is 18.3 Å². The summed E-state index contributed by atoms with van der Waals surface area (Å²) in [7, 11) is -2.26. The van der Waals surface area contributed by atoms with Gasteiger partial charge in [0.25, 0.3) is 0 Å². The molecule has 0 saturated heterocycles. The molecule has 0 amide bonds. The van der Waals surface area contributed by atoms with Gasteiger partial charge in [0.15, 0.2) is 0 Å². The van der Waals surface area contributed by atoms with Crippen LogP contribution in [0.4, 0.5) is 10.1 Å². The lowest BCUT2D eigenvalue weighted by Crippen LogP contribution is -2.45. The highest BCUT2D eigenvalue weighted by Gasteiger charge is 2.32. The van der Waals surface area contributed by atoms with E-state index in [-0.39, 0.29) is 17.3 Å². The van der Waals surface area contributed by atoms with Crippen LogP contribution in [0.2, 0.25) is 0 Å². The third-order valence-corrected chi connectivity index (χ3v) is 4.53. The number of nitrogens with two attached hydrogens (primary N) is 2. The quantitative estimate of drug-likeness (QED) is 0.704. The molecular weight excluding hydrogens is 259 g/mol. The smallest absolute Gasteiger partial charge is 0.239 e. The standard InChI is InChI=1S/C10H13FN4O2S/c1-15-10(13)14-9(5-18(15,16)17)7-4-6(12)2-3-8(7)11/h2-4,9H,5,12H2,1H3,(H2,13,14). The summed E-state index contributed by atoms with van der Waals surface area (Å²) in [6.07, 6.45) is 0. The van der Waals surface area contributed by atoms with Crippen molar-refractivity contribution in [3.8, 4) is 0 Å². The van der Waals surface area contributed by atoms with Gasteiger partial charge in [0.2, 0.25) is 16.0 Å². The maximum atomic E-state index is 13.7. The van der Waals surface area contributed by atoms with E-state index in [1.54, 1.807) is 0 Å². The van der Waals surface area contributed by atoms with Crippen molar-refractivity contribution in [3.05, 3.63) is 29.6 Å². The van der Waals surface area contributed by atoms with Gasteiger partial charge in [-0.25, -0.2) is 22.1 Å². The van der Waals surface area contributed by atoms with Gasteiger partial charge in [-0.3, -0.25) is 0 Å². The first-order valence-electron chi connectivity index (χ1n) is 5.16. The zero-order valence-electron chi connectivity index (χ0n) is 9.67. The molecule has 1 aliphatic rings. The van der Waals surface area contributed by atoms with E-state index in [1.807, 2.05) is 0 Å². The van der Waals surface area contributed by atoms with Gasteiger partial charge in [-0.2, -0.15) is 0 Å². The molecule has 0 spiro atoms. The fourth-order valence-corrected chi connectivity index (χ4v) is 2.92. The lowest BCUT2D eigenvalue weighted by molar-refractivity contribution is 0.525. The summed E-state index contributed by atoms with van der Waals surface area (Å²) in [6, 6.07) is 3.09. The highest BCUT2D eigenvalue weighted by Crippen LogP contribution is 2.28. The van der Waals surface area contributed by atoms with Gasteiger partial charge in [0.05, 0.1) is 11.8 Å². The van der Waals surface area contributed by atoms with Crippen LogP contribution in [0.25, 0.3) is 0 Å². The number of hydrogen-bond acceptors (Lipinski definition) is 5. The SMILES string of the molecule is CN1C(N)=NC(c2cc(N)ccc2F)CS1(=O)=O. The number of halogens is 1. The number of anilines is 1. The van der Waals surface area contributed by atoms with Crippen molar-refractivity contribution in [2.24, 2.45) is 10.7 Å². The number of rotatable bonds is 1. The van der Waals surface area contributed by atoms with Gasteiger partial charge in [-0.15, -0.1) is 0 Å². The third-order valence-electron chi connectivity index (χ3n) is 2.78. The molecular formula is C10H13FN4O2S. The van der Waals surface area contributed by atoms with Crippen LogP contribution in [0.1, 0.15) is 11.6 Å². The van der Waals surface area contributed by atoms with E-state index in [4.69, 9.17) is 11.5 Å². The highest BCUT2D eigenvalue weighted by molar-refractivity contribution is 7.89. The fourth-order valence-electron chi connectivity index (χ4n) is 1.71. The molecule has 6 nitrogen and oxygen atoms in total. The van der Waals surface area contributed by atoms with Crippen molar-refractivity contribution >= 4 is 21.7 Å². The number of hydrogen-bond donors (Lipinski definition) is 2. The molecule has 0 aromatic heterocycles. The minimum Gasteiger partial charge on any atom is -0.399 e. The summed E-state index contributed by atoms with van der Waals surface area (Å²) >= 11 is 0. The van der Waals surface area contributed by atoms with Crippen molar-refractivity contribution in [2.75, 3.05) is 18.5 Å². The van der Waals surface area contributed by atoms with E-state index in [1.165, 1.54) is 25.2 Å². The Labute approximate surface area is 104 Å². The zero-order chi connectivity index (χ0) is 13.5. The topological polar surface area (TPSA) is 102 Å². The molecule has 1 aromatic carbocycles. The van der Waals surface area contributed by atoms with Gasteiger partial charge >= 0.3 is 0 Å². The number of nitrogen functional groups attached to an aromatic ring is 1. The Morgan fingerprint density at radius 3 is 2.72 bits per heavy atom. The number of nitrogens with zero attached hydrogens (tertiary/aromatic N) is 2. The Morgan fingerprint density at radius 1 is 1.44 bits per heavy atom. The highest BCUT2D eigenvalue weighted by atomic mass is 32.2. The van der Waals surface area contributed by atoms with E-state index in [2.05, 4.69) is 4.99 Å². The maximum Gasteiger partial charge on any atom is 0.239 e. The number of guanidine groups is 1. The van der Waals surface area contributed by atoms with Crippen LogP contribution in [-0.4, -0.2) is 31.5 Å². The predicted molar refractivity (Wildman–Crippen MR) is 66.7 cm³/mol. The molecule has 0 saturated carbocycles. The average Bonchev–Trinajstić information content (AvgIpc) is 2.28. The third kappa shape index (κ3) is 2.10. The van der Waals surface area contributed by atoms with Crippen molar-refractivity contribution in [2.45, 2.75) is 6.04 Å². The van der Waals surface area contributed by atoms with Gasteiger partial charge in [-0.05, 0) is 18.2 Å². The lowest BCUT2D eigenvalue weighted by atomic mass is 10.1. The van der Waals surface area contributed by atoms with E-state index in [0.29, 0.717) is 5.69 Å². The molecule has 1 atom stereocenters. The molecule has 8 heteroatoms. The second-order valence-corrected chi connectivity index (χ2v) is 6.07. The summed E-state index contributed by atoms with van der Waals surface area (Å²) in [4.78, 5) is 3.98. The summed E-state index contributed by atoms with van der Waals surface area (Å²) in [5.41, 5.74) is 11.5. The van der Waals surface area contributed by atoms with Crippen molar-refractivity contribution < 1.29 is 12.8 Å². The molecule has 0 fully saturated rings. The van der Waals surface area contributed by atoms with Gasteiger partial charge < -0.3 is 11.5 Å². The second kappa shape index (κ2) is 4.13. The first-order chi connectivity index (χ1) is 8.31. The number of aliphatic imine (C=N–C) groups is 1. The predicted octanol–water partition coefficient (Wildman–Crippen LogP) is 0.0389. The Balaban J connectivity index is 2.50. The molecule has 0 bridgehead atoms. The molecule has 0 radical (unpaired) electrons. The maximum absolute atomic E-state index is 13.7. The van der Waals surface area contributed by atoms with Crippen LogP contribution in [0.5, 0.6) is 0 Å². The van der Waals surface area contributed by atoms with Crippen LogP contribution in [0, 0.1) is 5.82 Å². The first kappa shape index (κ1) is 12.6. The minimum atomic E-state index is -3.57. The summed E-state index contributed by atoms with van der Waals surface area (Å²) in [5, 5.41) is 0. The Hall–Kier alpha value is -1.83. The van der Waals surface area contributed by atoms with Crippen LogP contribution in [0.15, 0.2) is 23.2 Å². The van der Waals surface area contributed by atoms with Crippen LogP contribution >= 0.6 is 0 Å². The molecule has 2 rings (SSSR count). The fraction of sp³-hybridized carbons (Fsp3) is 0.300. The Bertz CT molecular complexity index is 614. The minimum absolute atomic E-state index is 0.134. The summed E-state index contributed by atoms with van der Waals surface area (Å²) in [6.45, 7) is 0. The Kier molecular flexibility index (Phi) is 2.89. The number of benzene rings is 1. The average molecular weight is 272 g/mol. The largest absolute Gasteiger partial charge is 0.399 e. The van der Waals surface area contributed by atoms with Crippen molar-refractivity contribution in [1.29, 1.82) is 0 Å². The molecule has 0 aliphatic carbocycles. The van der Waals surface area contributed by atoms with E-state index in [0.717, 1.165) is 4.31 Å².